The molecule has 1 aliphatic rings. The highest BCUT2D eigenvalue weighted by atomic mass is 16.3. The van der Waals surface area contributed by atoms with Gasteiger partial charge in [0, 0.05) is 23.0 Å². The van der Waals surface area contributed by atoms with Gasteiger partial charge >= 0.3 is 0 Å². The first kappa shape index (κ1) is 9.42. The van der Waals surface area contributed by atoms with Crippen molar-refractivity contribution < 1.29 is 9.90 Å². The Kier molecular flexibility index (Phi) is 1.97. The van der Waals surface area contributed by atoms with Gasteiger partial charge in [-0.2, -0.15) is 0 Å². The third-order valence-corrected chi connectivity index (χ3v) is 3.01. The predicted molar refractivity (Wildman–Crippen MR) is 60.2 cm³/mol. The Hall–Kier alpha value is -1.81. The minimum atomic E-state index is -0.579. The topological polar surface area (TPSA) is 65.1 Å². The Morgan fingerprint density at radius 2 is 2.12 bits per heavy atom. The van der Waals surface area contributed by atoms with Crippen molar-refractivity contribution in [2.75, 3.05) is 6.54 Å². The molecule has 82 valence electrons. The fourth-order valence-corrected chi connectivity index (χ4v) is 2.24. The first-order valence-electron chi connectivity index (χ1n) is 5.34. The van der Waals surface area contributed by atoms with E-state index in [1.807, 2.05) is 24.3 Å². The molecule has 2 aromatic rings. The van der Waals surface area contributed by atoms with E-state index in [9.17, 15) is 9.90 Å². The Labute approximate surface area is 92.3 Å². The first-order chi connectivity index (χ1) is 7.77. The Morgan fingerprint density at radius 3 is 3.00 bits per heavy atom. The van der Waals surface area contributed by atoms with Crippen LogP contribution in [0, 0.1) is 0 Å². The zero-order valence-electron chi connectivity index (χ0n) is 8.66. The zero-order chi connectivity index (χ0) is 11.1. The Bertz CT molecular complexity index is 559. The molecule has 4 nitrogen and oxygen atoms in total. The summed E-state index contributed by atoms with van der Waals surface area (Å²) in [6, 6.07) is 7.64. The van der Waals surface area contributed by atoms with E-state index in [-0.39, 0.29) is 5.91 Å². The molecular formula is C12H12N2O2. The number of rotatable bonds is 0. The highest BCUT2D eigenvalue weighted by molar-refractivity contribution is 6.01. The molecule has 0 fully saturated rings. The van der Waals surface area contributed by atoms with Crippen LogP contribution >= 0.6 is 0 Å². The van der Waals surface area contributed by atoms with Gasteiger partial charge in [-0.3, -0.25) is 4.79 Å². The number of hydrogen-bond acceptors (Lipinski definition) is 2. The molecule has 0 unspecified atom stereocenters. The normalized spacial score (nSPS) is 20.3. The number of fused-ring (bicyclic) bond motifs is 3. The molecule has 1 aromatic heterocycles. The van der Waals surface area contributed by atoms with E-state index in [2.05, 4.69) is 10.3 Å². The molecule has 16 heavy (non-hydrogen) atoms. The molecule has 0 radical (unpaired) electrons. The molecule has 0 saturated carbocycles. The predicted octanol–water partition coefficient (Wildman–Crippen LogP) is 1.33. The van der Waals surface area contributed by atoms with Crippen molar-refractivity contribution in [3.63, 3.8) is 0 Å². The van der Waals surface area contributed by atoms with Gasteiger partial charge in [0.15, 0.2) is 0 Å². The maximum absolute atomic E-state index is 11.8. The van der Waals surface area contributed by atoms with Crippen LogP contribution in [0.15, 0.2) is 24.3 Å². The summed E-state index contributed by atoms with van der Waals surface area (Å²) in [4.78, 5) is 14.8. The number of aliphatic hydroxyl groups is 1. The van der Waals surface area contributed by atoms with E-state index < -0.39 is 6.10 Å². The SMILES string of the molecule is O=C1NCC[C@@H](O)c2c1[nH]c1ccccc21. The summed E-state index contributed by atoms with van der Waals surface area (Å²) >= 11 is 0. The number of H-pyrrole nitrogens is 1. The number of aliphatic hydroxyl groups excluding tert-OH is 1. The number of nitrogens with one attached hydrogen (secondary N) is 2. The van der Waals surface area contributed by atoms with E-state index >= 15 is 0 Å². The average Bonchev–Trinajstić information content (AvgIpc) is 2.61. The maximum atomic E-state index is 11.8. The first-order valence-corrected chi connectivity index (χ1v) is 5.34. The molecule has 4 heteroatoms. The monoisotopic (exact) mass is 216 g/mol. The fraction of sp³-hybridized carbons (Fsp3) is 0.250. The second kappa shape index (κ2) is 3.35. The number of benzene rings is 1. The summed E-state index contributed by atoms with van der Waals surface area (Å²) in [6.07, 6.45) is -0.0225. The second-order valence-electron chi connectivity index (χ2n) is 4.02. The average molecular weight is 216 g/mol. The van der Waals surface area contributed by atoms with Gasteiger partial charge in [0.1, 0.15) is 5.69 Å². The van der Waals surface area contributed by atoms with Gasteiger partial charge in [0.2, 0.25) is 0 Å². The summed E-state index contributed by atoms with van der Waals surface area (Å²) in [5, 5.41) is 13.7. The van der Waals surface area contributed by atoms with Gasteiger partial charge < -0.3 is 15.4 Å². The van der Waals surface area contributed by atoms with Gasteiger partial charge in [-0.25, -0.2) is 0 Å². The fourth-order valence-electron chi connectivity index (χ4n) is 2.24. The molecule has 3 N–H and O–H groups in total. The number of aromatic nitrogens is 1. The van der Waals surface area contributed by atoms with Crippen LogP contribution in [0.3, 0.4) is 0 Å². The largest absolute Gasteiger partial charge is 0.388 e. The van der Waals surface area contributed by atoms with Crippen LogP contribution in [-0.4, -0.2) is 22.5 Å². The molecule has 0 saturated heterocycles. The molecule has 0 bridgehead atoms. The molecule has 2 heterocycles. The van der Waals surface area contributed by atoms with Crippen LogP contribution in [0.1, 0.15) is 28.6 Å². The minimum Gasteiger partial charge on any atom is -0.388 e. The minimum absolute atomic E-state index is 0.136. The van der Waals surface area contributed by atoms with Crippen LogP contribution in [0.5, 0.6) is 0 Å². The van der Waals surface area contributed by atoms with Gasteiger partial charge in [-0.15, -0.1) is 0 Å². The van der Waals surface area contributed by atoms with Gasteiger partial charge in [0.25, 0.3) is 5.91 Å². The number of aromatic amines is 1. The van der Waals surface area contributed by atoms with Crippen LogP contribution < -0.4 is 5.32 Å². The van der Waals surface area contributed by atoms with E-state index in [1.165, 1.54) is 0 Å². The quantitative estimate of drug-likeness (QED) is 0.622. The Morgan fingerprint density at radius 1 is 1.31 bits per heavy atom. The lowest BCUT2D eigenvalue weighted by Crippen LogP contribution is -2.23. The molecule has 0 spiro atoms. The van der Waals surface area contributed by atoms with E-state index in [0.29, 0.717) is 18.7 Å². The van der Waals surface area contributed by atoms with Gasteiger partial charge in [-0.1, -0.05) is 18.2 Å². The maximum Gasteiger partial charge on any atom is 0.268 e. The Balaban J connectivity index is 2.33. The zero-order valence-corrected chi connectivity index (χ0v) is 8.66. The molecule has 1 atom stereocenters. The molecule has 1 aliphatic heterocycles. The van der Waals surface area contributed by atoms with Crippen molar-refractivity contribution in [3.05, 3.63) is 35.5 Å². The highest BCUT2D eigenvalue weighted by Gasteiger charge is 2.25. The molecule has 1 amide bonds. The van der Waals surface area contributed by atoms with Crippen LogP contribution in [-0.2, 0) is 0 Å². The summed E-state index contributed by atoms with van der Waals surface area (Å²) in [7, 11) is 0. The van der Waals surface area contributed by atoms with E-state index in [1.54, 1.807) is 0 Å². The van der Waals surface area contributed by atoms with Gasteiger partial charge in [0.05, 0.1) is 6.10 Å². The smallest absolute Gasteiger partial charge is 0.268 e. The second-order valence-corrected chi connectivity index (χ2v) is 4.02. The third-order valence-electron chi connectivity index (χ3n) is 3.01. The highest BCUT2D eigenvalue weighted by Crippen LogP contribution is 2.31. The molecule has 1 aromatic carbocycles. The van der Waals surface area contributed by atoms with Crippen molar-refractivity contribution in [1.82, 2.24) is 10.3 Å². The summed E-state index contributed by atoms with van der Waals surface area (Å²) in [6.45, 7) is 0.511. The summed E-state index contributed by atoms with van der Waals surface area (Å²) < 4.78 is 0. The number of hydrogen-bond donors (Lipinski definition) is 3. The van der Waals surface area contributed by atoms with E-state index in [0.717, 1.165) is 16.5 Å². The lowest BCUT2D eigenvalue weighted by molar-refractivity contribution is 0.0951. The lowest BCUT2D eigenvalue weighted by Gasteiger charge is -2.06. The number of para-hydroxylation sites is 1. The standard InChI is InChI=1S/C12H12N2O2/c15-9-5-6-13-12(16)11-10(9)7-3-1-2-4-8(7)14-11/h1-4,9,14-15H,5-6H2,(H,13,16)/t9-/m1/s1. The molecular weight excluding hydrogens is 204 g/mol. The van der Waals surface area contributed by atoms with Crippen LogP contribution in [0.2, 0.25) is 0 Å². The number of carbonyl (C=O) groups is 1. The van der Waals surface area contributed by atoms with Crippen LogP contribution in [0.4, 0.5) is 0 Å². The number of amides is 1. The van der Waals surface area contributed by atoms with E-state index in [4.69, 9.17) is 0 Å². The summed E-state index contributed by atoms with van der Waals surface area (Å²) in [5.41, 5.74) is 2.11. The summed E-state index contributed by atoms with van der Waals surface area (Å²) in [5.74, 6) is -0.136. The van der Waals surface area contributed by atoms with Crippen molar-refractivity contribution in [2.24, 2.45) is 0 Å². The lowest BCUT2D eigenvalue weighted by atomic mass is 10.0. The third kappa shape index (κ3) is 1.23. The van der Waals surface area contributed by atoms with Crippen molar-refractivity contribution in [3.8, 4) is 0 Å². The van der Waals surface area contributed by atoms with Crippen molar-refractivity contribution >= 4 is 16.8 Å². The number of carbonyl (C=O) groups excluding carboxylic acids is 1. The molecule has 3 rings (SSSR count). The molecule has 0 aliphatic carbocycles. The van der Waals surface area contributed by atoms with Crippen LogP contribution in [0.25, 0.3) is 10.9 Å². The van der Waals surface area contributed by atoms with Gasteiger partial charge in [-0.05, 0) is 12.5 Å². The van der Waals surface area contributed by atoms with Crippen molar-refractivity contribution in [2.45, 2.75) is 12.5 Å². The van der Waals surface area contributed by atoms with Crippen molar-refractivity contribution in [1.29, 1.82) is 0 Å².